The van der Waals surface area contributed by atoms with Gasteiger partial charge in [0.1, 0.15) is 0 Å². The molecule has 14 heteroatoms. The van der Waals surface area contributed by atoms with E-state index in [1.54, 1.807) is 0 Å². The third kappa shape index (κ3) is 13.7. The van der Waals surface area contributed by atoms with E-state index in [2.05, 4.69) is 230 Å². The van der Waals surface area contributed by atoms with Crippen LogP contribution in [0, 0.1) is 0 Å². The van der Waals surface area contributed by atoms with Crippen molar-refractivity contribution in [2.45, 2.75) is 183 Å². The fourth-order valence-electron chi connectivity index (χ4n) is 7.77. The molecule has 4 aromatic rings. The molecular formula is C52H92O4P2Si8. The van der Waals surface area contributed by atoms with Gasteiger partial charge in [-0.3, -0.25) is 9.13 Å². The van der Waals surface area contributed by atoms with E-state index in [0.717, 1.165) is 21.2 Å². The molecule has 0 aliphatic carbocycles. The quantitative estimate of drug-likeness (QED) is 0.0781. The maximum atomic E-state index is 16.9. The lowest BCUT2D eigenvalue weighted by Gasteiger charge is -2.34. The van der Waals surface area contributed by atoms with E-state index in [0.29, 0.717) is 0 Å². The second-order valence-electron chi connectivity index (χ2n) is 27.8. The van der Waals surface area contributed by atoms with Gasteiger partial charge in [0.05, 0.1) is 76.8 Å². The fourth-order valence-corrected chi connectivity index (χ4v) is 23.6. The van der Waals surface area contributed by atoms with Crippen LogP contribution in [0.3, 0.4) is 0 Å². The Morgan fingerprint density at radius 1 is 0.273 bits per heavy atom. The molecule has 0 radical (unpaired) electrons. The molecule has 4 rings (SSSR count). The van der Waals surface area contributed by atoms with E-state index in [1.165, 1.54) is 41.5 Å². The summed E-state index contributed by atoms with van der Waals surface area (Å²) in [7, 11) is -22.6. The predicted octanol–water partition coefficient (Wildman–Crippen LogP) is 10.0. The van der Waals surface area contributed by atoms with Crippen molar-refractivity contribution in [2.75, 3.05) is 0 Å². The van der Waals surface area contributed by atoms with Gasteiger partial charge in [0.25, 0.3) is 14.7 Å². The molecule has 0 bridgehead atoms. The molecule has 0 amide bonds. The van der Waals surface area contributed by atoms with E-state index < -0.39 is 91.5 Å². The van der Waals surface area contributed by atoms with Crippen LogP contribution in [-0.2, 0) is 18.2 Å². The van der Waals surface area contributed by atoms with Crippen LogP contribution in [-0.4, -0.2) is 76.8 Å². The summed E-state index contributed by atoms with van der Waals surface area (Å²) in [6.45, 7) is 61.2. The SMILES string of the molecule is C[C@@H](OP(=O)(c1cc([Si](C)(C)C)cc([Si](C)(C)C)c1)c1cc([Si](C)(C)C)cc([Si](C)(C)C)c1)[C@@H](C)OP(=O)(c1cc([Si](C)(C)C)cc([Si](C)(C)C)c1)c1cc([Si](C)(C)C)cc([Si](C)(C)C)c1. The first-order valence-electron chi connectivity index (χ1n) is 24.5. The van der Waals surface area contributed by atoms with E-state index in [-0.39, 0.29) is 0 Å². The number of rotatable bonds is 17. The summed E-state index contributed by atoms with van der Waals surface area (Å²) in [5.41, 5.74) is 0. The molecule has 0 aromatic heterocycles. The first-order valence-corrected chi connectivity index (χ1v) is 55.8. The molecule has 2 atom stereocenters. The van der Waals surface area contributed by atoms with Gasteiger partial charge in [0.15, 0.2) is 0 Å². The first-order chi connectivity index (χ1) is 29.3. The van der Waals surface area contributed by atoms with Gasteiger partial charge < -0.3 is 9.05 Å². The standard InChI is InChI=1S/C52H92O4P2Si8/c1-39(55-57(53,41-27-45(59(3,4)5)35-46(28-41)60(6,7)8)42-29-47(61(9,10)11)36-48(30-42)62(12,13)14)40(2)56-58(54,43-31-49(63(15,16)17)37-50(32-43)64(18,19)20)44-33-51(65(21,22)23)38-52(34-44)66(24,25)26/h27-40H,1-26H3/t39-,40-/m1/s1. The van der Waals surface area contributed by atoms with Gasteiger partial charge in [-0.25, -0.2) is 0 Å². The molecule has 366 valence electrons. The lowest BCUT2D eigenvalue weighted by Crippen LogP contribution is -2.49. The van der Waals surface area contributed by atoms with Crippen LogP contribution < -0.4 is 62.7 Å². The Hall–Kier alpha value is -1.00. The normalized spacial score (nSPS) is 15.2. The molecular weight excluding hydrogens is 975 g/mol. The molecule has 4 aromatic carbocycles. The summed E-state index contributed by atoms with van der Waals surface area (Å²) < 4.78 is 48.6. The number of hydrogen-bond donors (Lipinski definition) is 0. The Kier molecular flexibility index (Phi) is 16.8. The highest BCUT2D eigenvalue weighted by Crippen LogP contribution is 2.50. The van der Waals surface area contributed by atoms with E-state index >= 15 is 9.13 Å². The van der Waals surface area contributed by atoms with Gasteiger partial charge in [-0.2, -0.15) is 0 Å². The van der Waals surface area contributed by atoms with Crippen molar-refractivity contribution in [1.29, 1.82) is 0 Å². The van der Waals surface area contributed by atoms with Gasteiger partial charge in [-0.05, 0) is 62.4 Å². The Morgan fingerprint density at radius 2 is 0.394 bits per heavy atom. The molecule has 0 saturated heterocycles. The monoisotopic (exact) mass is 1070 g/mol. The summed E-state index contributed by atoms with van der Waals surface area (Å²) in [5, 5.41) is 13.5. The third-order valence-corrected chi connectivity index (χ3v) is 34.4. The van der Waals surface area contributed by atoms with Gasteiger partial charge in [0, 0.05) is 21.2 Å². The lowest BCUT2D eigenvalue weighted by atomic mass is 10.3. The third-order valence-electron chi connectivity index (χ3n) is 13.2. The molecule has 0 aliphatic rings. The van der Waals surface area contributed by atoms with Gasteiger partial charge >= 0.3 is 0 Å². The van der Waals surface area contributed by atoms with E-state index in [4.69, 9.17) is 9.05 Å². The van der Waals surface area contributed by atoms with Crippen molar-refractivity contribution in [3.63, 3.8) is 0 Å². The summed E-state index contributed by atoms with van der Waals surface area (Å²) in [5.74, 6) is 0. The Bertz CT molecular complexity index is 2050. The van der Waals surface area contributed by atoms with Crippen molar-refractivity contribution >= 4 is 142 Å². The highest BCUT2D eigenvalue weighted by atomic mass is 31.2. The summed E-state index contributed by atoms with van der Waals surface area (Å²) in [4.78, 5) is 0. The maximum absolute atomic E-state index is 16.9. The number of benzene rings is 4. The highest BCUT2D eigenvalue weighted by Gasteiger charge is 2.42. The zero-order valence-electron chi connectivity index (χ0n) is 46.6. The maximum Gasteiger partial charge on any atom is 0.261 e. The Balaban J connectivity index is 2.12. The largest absolute Gasteiger partial charge is 0.316 e. The van der Waals surface area contributed by atoms with Crippen LogP contribution in [0.4, 0.5) is 0 Å². The molecule has 0 fully saturated rings. The van der Waals surface area contributed by atoms with Crippen molar-refractivity contribution < 1.29 is 18.2 Å². The van der Waals surface area contributed by atoms with Gasteiger partial charge in [-0.1, -0.05) is 223 Å². The van der Waals surface area contributed by atoms with Crippen LogP contribution in [0.25, 0.3) is 0 Å². The van der Waals surface area contributed by atoms with E-state index in [9.17, 15) is 0 Å². The molecule has 0 heterocycles. The second kappa shape index (κ2) is 19.2. The molecule has 0 aliphatic heterocycles. The molecule has 0 unspecified atom stereocenters. The average molecular weight is 1070 g/mol. The summed E-state index contributed by atoms with van der Waals surface area (Å²) >= 11 is 0. The zero-order chi connectivity index (χ0) is 51.0. The molecule has 0 spiro atoms. The van der Waals surface area contributed by atoms with E-state index in [1.807, 2.05) is 13.8 Å². The molecule has 66 heavy (non-hydrogen) atoms. The Labute approximate surface area is 413 Å². The molecule has 0 N–H and O–H groups in total. The lowest BCUT2D eigenvalue weighted by molar-refractivity contribution is 0.0883. The molecule has 0 saturated carbocycles. The van der Waals surface area contributed by atoms with Crippen molar-refractivity contribution in [2.24, 2.45) is 0 Å². The van der Waals surface area contributed by atoms with Crippen LogP contribution in [0.5, 0.6) is 0 Å². The minimum atomic E-state index is -3.81. The zero-order valence-corrected chi connectivity index (χ0v) is 56.4. The highest BCUT2D eigenvalue weighted by molar-refractivity contribution is 7.75. The van der Waals surface area contributed by atoms with Gasteiger partial charge in [-0.15, -0.1) is 0 Å². The predicted molar refractivity (Wildman–Crippen MR) is 324 cm³/mol. The van der Waals surface area contributed by atoms with Crippen molar-refractivity contribution in [1.82, 2.24) is 0 Å². The minimum Gasteiger partial charge on any atom is -0.316 e. The summed E-state index contributed by atoms with van der Waals surface area (Å²) in [6.07, 6.45) is -1.34. The van der Waals surface area contributed by atoms with Gasteiger partial charge in [0.2, 0.25) is 0 Å². The second-order valence-corrected chi connectivity index (χ2v) is 73.1. The van der Waals surface area contributed by atoms with Crippen molar-refractivity contribution in [3.05, 3.63) is 72.8 Å². The van der Waals surface area contributed by atoms with Crippen LogP contribution in [0.1, 0.15) is 13.8 Å². The topological polar surface area (TPSA) is 52.6 Å². The first kappa shape index (κ1) is 57.6. The fraction of sp³-hybridized carbons (Fsp3) is 0.538. The van der Waals surface area contributed by atoms with Crippen LogP contribution >= 0.6 is 14.7 Å². The number of hydrogen-bond acceptors (Lipinski definition) is 4. The Morgan fingerprint density at radius 3 is 0.500 bits per heavy atom. The minimum absolute atomic E-state index is 0.672. The van der Waals surface area contributed by atoms with Crippen LogP contribution in [0.15, 0.2) is 72.8 Å². The van der Waals surface area contributed by atoms with Crippen LogP contribution in [0.2, 0.25) is 157 Å². The van der Waals surface area contributed by atoms with Crippen molar-refractivity contribution in [3.8, 4) is 0 Å². The average Bonchev–Trinajstić information content (AvgIpc) is 3.14. The summed E-state index contributed by atoms with van der Waals surface area (Å²) in [6, 6.07) is 27.5. The molecule has 4 nitrogen and oxygen atoms in total. The smallest absolute Gasteiger partial charge is 0.261 e.